The summed E-state index contributed by atoms with van der Waals surface area (Å²) in [5.74, 6) is 0.00763. The first-order chi connectivity index (χ1) is 18.5. The quantitative estimate of drug-likeness (QED) is 0.381. The second-order valence-electron chi connectivity index (χ2n) is 9.96. The normalized spacial score (nSPS) is 20.4. The van der Waals surface area contributed by atoms with Crippen LogP contribution in [0.1, 0.15) is 55.7 Å². The Balaban J connectivity index is 1.65. The highest BCUT2D eigenvalue weighted by Gasteiger charge is 2.48. The molecule has 9 heteroatoms. The van der Waals surface area contributed by atoms with Crippen LogP contribution in [0.25, 0.3) is 0 Å². The molecule has 1 fully saturated rings. The van der Waals surface area contributed by atoms with Crippen molar-refractivity contribution in [2.75, 3.05) is 46.6 Å². The molecule has 0 aliphatic carbocycles. The van der Waals surface area contributed by atoms with Crippen molar-refractivity contribution in [1.29, 1.82) is 0 Å². The minimum atomic E-state index is -0.894. The Hall–Kier alpha value is -3.30. The summed E-state index contributed by atoms with van der Waals surface area (Å²) in [4.78, 5) is 30.3. The summed E-state index contributed by atoms with van der Waals surface area (Å²) in [6.07, 6.45) is 3.63. The third kappa shape index (κ3) is 6.22. The van der Waals surface area contributed by atoms with Crippen LogP contribution in [0.2, 0.25) is 0 Å². The van der Waals surface area contributed by atoms with Gasteiger partial charge < -0.3 is 30.0 Å². The molecule has 206 valence electrons. The topological polar surface area (TPSA) is 115 Å². The largest absolute Gasteiger partial charge is 0.497 e. The number of amides is 1. The molecule has 1 unspecified atom stereocenters. The average Bonchev–Trinajstić information content (AvgIpc) is 3.55. The van der Waals surface area contributed by atoms with E-state index in [0.29, 0.717) is 43.4 Å². The van der Waals surface area contributed by atoms with Crippen molar-refractivity contribution < 1.29 is 28.9 Å². The number of unbranched alkanes of at least 4 members (excludes halogenated alkanes) is 2. The zero-order chi connectivity index (χ0) is 27.1. The lowest BCUT2D eigenvalue weighted by Crippen LogP contribution is -2.42. The lowest BCUT2D eigenvalue weighted by Gasteiger charge is -2.30. The maximum absolute atomic E-state index is 13.6. The fourth-order valence-electron chi connectivity index (χ4n) is 5.50. The van der Waals surface area contributed by atoms with E-state index in [4.69, 9.17) is 19.9 Å². The van der Waals surface area contributed by atoms with E-state index in [1.165, 1.54) is 0 Å². The van der Waals surface area contributed by atoms with Crippen LogP contribution >= 0.6 is 0 Å². The summed E-state index contributed by atoms with van der Waals surface area (Å²) in [5.41, 5.74) is 7.39. The van der Waals surface area contributed by atoms with E-state index >= 15 is 0 Å². The van der Waals surface area contributed by atoms with Gasteiger partial charge in [-0.25, -0.2) is 0 Å². The second kappa shape index (κ2) is 13.0. The number of carbonyl (C=O) groups is 2. The van der Waals surface area contributed by atoms with Crippen LogP contribution in [-0.2, 0) is 9.59 Å². The molecule has 38 heavy (non-hydrogen) atoms. The number of hydrogen-bond donors (Lipinski definition) is 2. The summed E-state index contributed by atoms with van der Waals surface area (Å²) in [6, 6.07) is 12.6. The molecule has 2 aliphatic rings. The molecule has 3 atom stereocenters. The Morgan fingerprint density at radius 2 is 1.76 bits per heavy atom. The smallest absolute Gasteiger partial charge is 0.309 e. The highest BCUT2D eigenvalue weighted by atomic mass is 16.7. The van der Waals surface area contributed by atoms with Crippen molar-refractivity contribution in [1.82, 2.24) is 9.80 Å². The van der Waals surface area contributed by atoms with Gasteiger partial charge in [0.2, 0.25) is 12.7 Å². The first kappa shape index (κ1) is 27.7. The molecule has 2 aromatic carbocycles. The van der Waals surface area contributed by atoms with Gasteiger partial charge in [0.1, 0.15) is 5.75 Å². The number of likely N-dealkylation sites (tertiary alicyclic amines) is 1. The molecule has 1 saturated heterocycles. The number of hydrogen-bond acceptors (Lipinski definition) is 7. The molecule has 0 aromatic heterocycles. The third-order valence-corrected chi connectivity index (χ3v) is 7.52. The molecule has 0 spiro atoms. The number of carboxylic acid groups (broad SMARTS) is 1. The summed E-state index contributed by atoms with van der Waals surface area (Å²) in [6.45, 7) is 4.78. The van der Waals surface area contributed by atoms with Crippen LogP contribution in [0, 0.1) is 5.92 Å². The van der Waals surface area contributed by atoms with Gasteiger partial charge in [-0.15, -0.1) is 0 Å². The molecular weight excluding hydrogens is 486 g/mol. The number of carbonyl (C=O) groups excluding carboxylic acids is 1. The van der Waals surface area contributed by atoms with Crippen LogP contribution in [-0.4, -0.2) is 73.4 Å². The fraction of sp³-hybridized carbons (Fsp3) is 0.517. The molecule has 3 N–H and O–H groups in total. The van der Waals surface area contributed by atoms with Crippen molar-refractivity contribution >= 4 is 11.9 Å². The number of carboxylic acids is 1. The first-order valence-electron chi connectivity index (χ1n) is 13.4. The van der Waals surface area contributed by atoms with E-state index in [1.54, 1.807) is 7.11 Å². The number of ether oxygens (including phenoxy) is 3. The highest BCUT2D eigenvalue weighted by Crippen LogP contribution is 2.47. The summed E-state index contributed by atoms with van der Waals surface area (Å²) < 4.78 is 16.3. The SMILES string of the molecule is CCCCN(CCCCN)C(=O)CN1CC(c2ccc3c(c2)OCO3)[C@H](C(=O)O)[C@H]1c1ccc(OC)cc1. The summed E-state index contributed by atoms with van der Waals surface area (Å²) >= 11 is 0. The van der Waals surface area contributed by atoms with E-state index in [9.17, 15) is 14.7 Å². The van der Waals surface area contributed by atoms with Gasteiger partial charge in [0, 0.05) is 31.6 Å². The van der Waals surface area contributed by atoms with Crippen LogP contribution in [0.4, 0.5) is 0 Å². The Bertz CT molecular complexity index is 1090. The summed E-state index contributed by atoms with van der Waals surface area (Å²) in [7, 11) is 1.60. The monoisotopic (exact) mass is 525 g/mol. The number of nitrogens with two attached hydrogens (primary N) is 1. The Morgan fingerprint density at radius 1 is 1.05 bits per heavy atom. The molecule has 1 amide bonds. The predicted molar refractivity (Wildman–Crippen MR) is 144 cm³/mol. The van der Waals surface area contributed by atoms with Crippen LogP contribution in [0.5, 0.6) is 17.2 Å². The predicted octanol–water partition coefficient (Wildman–Crippen LogP) is 3.63. The summed E-state index contributed by atoms with van der Waals surface area (Å²) in [5, 5.41) is 10.5. The van der Waals surface area contributed by atoms with Gasteiger partial charge in [0.15, 0.2) is 11.5 Å². The van der Waals surface area contributed by atoms with Crippen molar-refractivity contribution in [3.8, 4) is 17.2 Å². The van der Waals surface area contributed by atoms with Crippen LogP contribution in [0.3, 0.4) is 0 Å². The van der Waals surface area contributed by atoms with Crippen LogP contribution < -0.4 is 19.9 Å². The van der Waals surface area contributed by atoms with E-state index < -0.39 is 17.9 Å². The maximum Gasteiger partial charge on any atom is 0.309 e. The van der Waals surface area contributed by atoms with Gasteiger partial charge in [0.25, 0.3) is 0 Å². The second-order valence-corrected chi connectivity index (χ2v) is 9.96. The van der Waals surface area contributed by atoms with Gasteiger partial charge >= 0.3 is 5.97 Å². The Morgan fingerprint density at radius 3 is 2.45 bits per heavy atom. The lowest BCUT2D eigenvalue weighted by molar-refractivity contribution is -0.144. The van der Waals surface area contributed by atoms with Gasteiger partial charge in [0.05, 0.1) is 19.6 Å². The minimum Gasteiger partial charge on any atom is -0.497 e. The van der Waals surface area contributed by atoms with Crippen molar-refractivity contribution in [3.63, 3.8) is 0 Å². The Kier molecular flexibility index (Phi) is 9.47. The van der Waals surface area contributed by atoms with Crippen LogP contribution in [0.15, 0.2) is 42.5 Å². The number of fused-ring (bicyclic) bond motifs is 1. The molecule has 2 aliphatic heterocycles. The molecule has 9 nitrogen and oxygen atoms in total. The van der Waals surface area contributed by atoms with Gasteiger partial charge in [-0.3, -0.25) is 14.5 Å². The van der Waals surface area contributed by atoms with Gasteiger partial charge in [-0.05, 0) is 61.2 Å². The fourth-order valence-corrected chi connectivity index (χ4v) is 5.50. The molecular formula is C29H39N3O6. The number of rotatable bonds is 13. The average molecular weight is 526 g/mol. The highest BCUT2D eigenvalue weighted by molar-refractivity contribution is 5.79. The molecule has 2 aromatic rings. The van der Waals surface area contributed by atoms with E-state index in [1.807, 2.05) is 52.3 Å². The van der Waals surface area contributed by atoms with E-state index in [2.05, 4.69) is 6.92 Å². The standard InChI is InChI=1S/C29H39N3O6/c1-3-4-14-31(15-6-5-13-30)26(33)18-32-17-23(21-9-12-24-25(16-21)38-19-37-24)27(29(34)35)28(32)20-7-10-22(36-2)11-8-20/h7-12,16,23,27-28H,3-6,13-15,17-19,30H2,1-2H3,(H,34,35)/t23?,27-,28+/m0/s1. The maximum atomic E-state index is 13.6. The third-order valence-electron chi connectivity index (χ3n) is 7.52. The van der Waals surface area contributed by atoms with Gasteiger partial charge in [-0.1, -0.05) is 31.5 Å². The minimum absolute atomic E-state index is 0.0180. The van der Waals surface area contributed by atoms with Crippen molar-refractivity contribution in [3.05, 3.63) is 53.6 Å². The number of nitrogens with zero attached hydrogens (tertiary/aromatic N) is 2. The number of benzene rings is 2. The molecule has 0 saturated carbocycles. The molecule has 0 bridgehead atoms. The molecule has 0 radical (unpaired) electrons. The van der Waals surface area contributed by atoms with Gasteiger partial charge in [-0.2, -0.15) is 0 Å². The number of aliphatic carboxylic acids is 1. The zero-order valence-electron chi connectivity index (χ0n) is 22.3. The number of methoxy groups -OCH3 is 1. The molecule has 4 rings (SSSR count). The van der Waals surface area contributed by atoms with Crippen molar-refractivity contribution in [2.24, 2.45) is 11.7 Å². The van der Waals surface area contributed by atoms with E-state index in [-0.39, 0.29) is 25.2 Å². The van der Waals surface area contributed by atoms with Crippen molar-refractivity contribution in [2.45, 2.75) is 44.6 Å². The van der Waals surface area contributed by atoms with E-state index in [0.717, 1.165) is 36.8 Å². The zero-order valence-corrected chi connectivity index (χ0v) is 22.3. The molecule has 2 heterocycles. The lowest BCUT2D eigenvalue weighted by atomic mass is 9.82. The first-order valence-corrected chi connectivity index (χ1v) is 13.4. The Labute approximate surface area is 224 Å².